The van der Waals surface area contributed by atoms with Gasteiger partial charge in [-0.05, 0) is 0 Å². The Labute approximate surface area is 67.4 Å². The summed E-state index contributed by atoms with van der Waals surface area (Å²) in [5.74, 6) is 0. The maximum absolute atomic E-state index is 12.0. The molecule has 0 saturated carbocycles. The van der Waals surface area contributed by atoms with E-state index in [1.54, 1.807) is 0 Å². The first kappa shape index (κ1) is 11.6. The fourth-order valence-corrected chi connectivity index (χ4v) is 2.19. The molecular formula is H2FO7P2V. The van der Waals surface area contributed by atoms with E-state index in [2.05, 4.69) is 7.76 Å². The van der Waals surface area contributed by atoms with Crippen LogP contribution in [0.2, 0.25) is 0 Å². The summed E-state index contributed by atoms with van der Waals surface area (Å²) in [5.41, 5.74) is 0. The molecule has 11 heteroatoms. The predicted molar refractivity (Wildman–Crippen MR) is 23.6 cm³/mol. The van der Waals surface area contributed by atoms with Crippen molar-refractivity contribution in [2.75, 3.05) is 0 Å². The standard InChI is InChI=1S/FH3O6P2.O.V/c1-8(2,3)7-9(4,5)6;;/h(H,2,3)(H2,4,5,6);;/q;;+1/p-1. The first-order valence-electron chi connectivity index (χ1n) is 1.85. The number of phosphoric acid groups is 1. The zero-order chi connectivity index (χ0) is 9.12. The summed E-state index contributed by atoms with van der Waals surface area (Å²) < 4.78 is 47.8. The molecule has 0 aliphatic carbocycles. The van der Waals surface area contributed by atoms with Gasteiger partial charge in [0.05, 0.1) is 0 Å². The van der Waals surface area contributed by atoms with Crippen molar-refractivity contribution in [3.05, 3.63) is 0 Å². The Bertz CT molecular complexity index is 229. The molecule has 7 nitrogen and oxygen atoms in total. The molecule has 0 saturated heterocycles. The van der Waals surface area contributed by atoms with E-state index in [-0.39, 0.29) is 0 Å². The molecule has 0 bridgehead atoms. The molecule has 0 spiro atoms. The predicted octanol–water partition coefficient (Wildman–Crippen LogP) is 0.533. The van der Waals surface area contributed by atoms with Gasteiger partial charge in [0.25, 0.3) is 0 Å². The van der Waals surface area contributed by atoms with Crippen molar-refractivity contribution < 1.29 is 51.1 Å². The van der Waals surface area contributed by atoms with Gasteiger partial charge >= 0.3 is 66.9 Å². The quantitative estimate of drug-likeness (QED) is 0.696. The minimum atomic E-state index is -5.35. The van der Waals surface area contributed by atoms with E-state index < -0.39 is 32.3 Å². The Balaban J connectivity index is 4.25. The molecular weight excluding hydrogens is 244 g/mol. The Hall–Kier alpha value is 0.614. The molecule has 1 atom stereocenters. The van der Waals surface area contributed by atoms with Gasteiger partial charge in [0.15, 0.2) is 0 Å². The van der Waals surface area contributed by atoms with Crippen molar-refractivity contribution in [1.29, 1.82) is 0 Å². The zero-order valence-electron chi connectivity index (χ0n) is 4.66. The van der Waals surface area contributed by atoms with Crippen LogP contribution in [0.3, 0.4) is 0 Å². The molecule has 2 N–H and O–H groups in total. The molecule has 0 amide bonds. The first-order chi connectivity index (χ1) is 4.77. The summed E-state index contributed by atoms with van der Waals surface area (Å²) in [6.45, 7) is 0. The number of halogens is 1. The molecule has 0 aliphatic heterocycles. The van der Waals surface area contributed by atoms with Crippen LogP contribution in [-0.2, 0) is 37.2 Å². The van der Waals surface area contributed by atoms with Crippen LogP contribution in [-0.4, -0.2) is 9.79 Å². The van der Waals surface area contributed by atoms with E-state index >= 15 is 0 Å². The Morgan fingerprint density at radius 2 is 1.82 bits per heavy atom. The Morgan fingerprint density at radius 3 is 2.09 bits per heavy atom. The fraction of sp³-hybridized carbons (Fsp3) is 0. The molecule has 0 aromatic rings. The van der Waals surface area contributed by atoms with Crippen LogP contribution in [0.4, 0.5) is 4.20 Å². The molecule has 0 aliphatic rings. The summed E-state index contributed by atoms with van der Waals surface area (Å²) in [5, 5.41) is 0. The van der Waals surface area contributed by atoms with E-state index in [1.807, 2.05) is 0 Å². The second-order valence-electron chi connectivity index (χ2n) is 1.16. The Morgan fingerprint density at radius 1 is 1.36 bits per heavy atom. The van der Waals surface area contributed by atoms with Gasteiger partial charge in [-0.25, -0.2) is 0 Å². The van der Waals surface area contributed by atoms with Crippen molar-refractivity contribution in [1.82, 2.24) is 0 Å². The van der Waals surface area contributed by atoms with Crippen molar-refractivity contribution >= 4 is 15.7 Å². The summed E-state index contributed by atoms with van der Waals surface area (Å²) in [7, 11) is -10.6. The normalized spacial score (nSPS) is 17.4. The average Bonchev–Trinajstić information content (AvgIpc) is 1.55. The van der Waals surface area contributed by atoms with Gasteiger partial charge in [0.1, 0.15) is 0 Å². The molecule has 66 valence electrons. The van der Waals surface area contributed by atoms with Gasteiger partial charge in [-0.15, -0.1) is 0 Å². The fourth-order valence-electron chi connectivity index (χ4n) is 0.182. The van der Waals surface area contributed by atoms with Gasteiger partial charge in [0.2, 0.25) is 0 Å². The number of hydrogen-bond donors (Lipinski definition) is 2. The summed E-state index contributed by atoms with van der Waals surface area (Å²) in [6.07, 6.45) is 0. The van der Waals surface area contributed by atoms with Crippen LogP contribution in [0.25, 0.3) is 0 Å². The van der Waals surface area contributed by atoms with Crippen LogP contribution in [0, 0.1) is 0 Å². The van der Waals surface area contributed by atoms with Crippen molar-refractivity contribution in [2.45, 2.75) is 0 Å². The molecule has 0 aromatic heterocycles. The van der Waals surface area contributed by atoms with Crippen LogP contribution >= 0.6 is 15.7 Å². The molecule has 0 radical (unpaired) electrons. The topological polar surface area (TPSA) is 110 Å². The summed E-state index contributed by atoms with van der Waals surface area (Å²) in [4.78, 5) is 15.8. The van der Waals surface area contributed by atoms with E-state index in [4.69, 9.17) is 9.79 Å². The van der Waals surface area contributed by atoms with Gasteiger partial charge in [-0.3, -0.25) is 0 Å². The number of rotatable bonds is 4. The molecule has 11 heavy (non-hydrogen) atoms. The van der Waals surface area contributed by atoms with E-state index in [0.29, 0.717) is 0 Å². The van der Waals surface area contributed by atoms with Gasteiger partial charge in [-0.1, -0.05) is 0 Å². The van der Waals surface area contributed by atoms with Crippen molar-refractivity contribution in [3.63, 3.8) is 0 Å². The third-order valence-electron chi connectivity index (χ3n) is 0.335. The maximum atomic E-state index is 12.0. The third-order valence-corrected chi connectivity index (χ3v) is 3.45. The van der Waals surface area contributed by atoms with E-state index in [0.717, 1.165) is 0 Å². The second-order valence-corrected chi connectivity index (χ2v) is 4.82. The van der Waals surface area contributed by atoms with Crippen LogP contribution in [0.15, 0.2) is 0 Å². The monoisotopic (exact) mass is 246 g/mol. The van der Waals surface area contributed by atoms with Gasteiger partial charge < -0.3 is 0 Å². The van der Waals surface area contributed by atoms with E-state index in [9.17, 15) is 17.0 Å². The Kier molecular flexibility index (Phi) is 4.25. The van der Waals surface area contributed by atoms with Gasteiger partial charge in [-0.2, -0.15) is 0 Å². The minimum absolute atomic E-state index is 2.27. The van der Waals surface area contributed by atoms with Crippen LogP contribution in [0.1, 0.15) is 0 Å². The average molecular weight is 246 g/mol. The summed E-state index contributed by atoms with van der Waals surface area (Å²) >= 11 is -2.27. The van der Waals surface area contributed by atoms with Crippen LogP contribution < -0.4 is 0 Å². The van der Waals surface area contributed by atoms with Crippen molar-refractivity contribution in [3.8, 4) is 0 Å². The first-order valence-corrected chi connectivity index (χ1v) is 5.95. The molecule has 0 heterocycles. The molecule has 0 rings (SSSR count). The van der Waals surface area contributed by atoms with Gasteiger partial charge in [0, 0.05) is 0 Å². The zero-order valence-corrected chi connectivity index (χ0v) is 7.84. The third kappa shape index (κ3) is 6.99. The molecule has 0 aromatic carbocycles. The van der Waals surface area contributed by atoms with Crippen LogP contribution in [0.5, 0.6) is 0 Å². The summed E-state index contributed by atoms with van der Waals surface area (Å²) in [6, 6.07) is 0. The second kappa shape index (κ2) is 4.02. The number of hydrogen-bond acceptors (Lipinski definition) is 5. The SMILES string of the molecule is [O]=[V][O]P(=O)(F)OP(=O)(O)O. The molecule has 0 fully saturated rings. The molecule has 1 unspecified atom stereocenters. The van der Waals surface area contributed by atoms with E-state index in [1.165, 1.54) is 0 Å². The van der Waals surface area contributed by atoms with Crippen molar-refractivity contribution in [2.24, 2.45) is 0 Å².